The first-order valence-electron chi connectivity index (χ1n) is 8.93. The Morgan fingerprint density at radius 1 is 1.20 bits per heavy atom. The topological polar surface area (TPSA) is 75.7 Å². The molecule has 25 heavy (non-hydrogen) atoms. The van der Waals surface area contributed by atoms with Gasteiger partial charge in [-0.2, -0.15) is 4.31 Å². The van der Waals surface area contributed by atoms with Gasteiger partial charge in [0.05, 0.1) is 11.0 Å². The average Bonchev–Trinajstić information content (AvgIpc) is 3.14. The van der Waals surface area contributed by atoms with Gasteiger partial charge in [0.15, 0.2) is 0 Å². The summed E-state index contributed by atoms with van der Waals surface area (Å²) in [4.78, 5) is 12.6. The number of piperidine rings is 1. The molecule has 6 nitrogen and oxygen atoms in total. The number of aryl methyl sites for hydroxylation is 1. The summed E-state index contributed by atoms with van der Waals surface area (Å²) in [7, 11) is -3.47. The molecule has 2 fully saturated rings. The van der Waals surface area contributed by atoms with E-state index < -0.39 is 10.0 Å². The lowest BCUT2D eigenvalue weighted by atomic mass is 9.97. The van der Waals surface area contributed by atoms with Crippen molar-refractivity contribution < 1.29 is 17.9 Å². The summed E-state index contributed by atoms with van der Waals surface area (Å²) in [5.41, 5.74) is 1.03. The van der Waals surface area contributed by atoms with Gasteiger partial charge in [0.1, 0.15) is 0 Å². The Morgan fingerprint density at radius 2 is 1.88 bits per heavy atom. The van der Waals surface area contributed by atoms with E-state index in [2.05, 4.69) is 5.32 Å². The number of nitrogens with one attached hydrogen (secondary N) is 1. The first-order valence-corrected chi connectivity index (χ1v) is 10.4. The lowest BCUT2D eigenvalue weighted by molar-refractivity contribution is -0.126. The summed E-state index contributed by atoms with van der Waals surface area (Å²) in [5, 5.41) is 2.95. The highest BCUT2D eigenvalue weighted by Gasteiger charge is 2.32. The molecule has 0 spiro atoms. The van der Waals surface area contributed by atoms with Crippen molar-refractivity contribution in [3.8, 4) is 0 Å². The minimum Gasteiger partial charge on any atom is -0.376 e. The van der Waals surface area contributed by atoms with E-state index in [1.54, 1.807) is 24.3 Å². The molecule has 2 aliphatic heterocycles. The second kappa shape index (κ2) is 7.85. The number of ether oxygens (including phenoxy) is 1. The Hall–Kier alpha value is -1.44. The molecule has 7 heteroatoms. The Kier molecular flexibility index (Phi) is 5.76. The molecule has 1 amide bonds. The van der Waals surface area contributed by atoms with E-state index in [1.165, 1.54) is 4.31 Å². The molecule has 3 rings (SSSR count). The fourth-order valence-corrected chi connectivity index (χ4v) is 4.85. The highest BCUT2D eigenvalue weighted by molar-refractivity contribution is 7.89. The molecule has 1 atom stereocenters. The van der Waals surface area contributed by atoms with Gasteiger partial charge in [-0.15, -0.1) is 0 Å². The molecule has 2 saturated heterocycles. The quantitative estimate of drug-likeness (QED) is 0.860. The van der Waals surface area contributed by atoms with E-state index in [4.69, 9.17) is 4.74 Å². The monoisotopic (exact) mass is 366 g/mol. The number of hydrogen-bond acceptors (Lipinski definition) is 4. The standard InChI is InChI=1S/C18H26N2O4S/c1-14-4-6-17(7-5-14)25(22,23)20-10-8-15(9-11-20)18(21)19-13-16-3-2-12-24-16/h4-7,15-16H,2-3,8-13H2,1H3,(H,19,21)/t16-/m1/s1. The van der Waals surface area contributed by atoms with Crippen LogP contribution in [0.4, 0.5) is 0 Å². The minimum absolute atomic E-state index is 0.0166. The number of rotatable bonds is 5. The molecule has 0 saturated carbocycles. The van der Waals surface area contributed by atoms with Crippen LogP contribution in [0, 0.1) is 12.8 Å². The normalized spacial score (nSPS) is 22.8. The first-order chi connectivity index (χ1) is 12.0. The minimum atomic E-state index is -3.47. The maximum Gasteiger partial charge on any atom is 0.243 e. The highest BCUT2D eigenvalue weighted by Crippen LogP contribution is 2.24. The zero-order chi connectivity index (χ0) is 17.9. The third-order valence-corrected chi connectivity index (χ3v) is 6.92. The molecule has 0 radical (unpaired) electrons. The molecule has 138 valence electrons. The predicted octanol–water partition coefficient (Wildman–Crippen LogP) is 1.69. The van der Waals surface area contributed by atoms with E-state index in [0.29, 0.717) is 37.4 Å². The van der Waals surface area contributed by atoms with Crippen LogP contribution < -0.4 is 5.32 Å². The van der Waals surface area contributed by atoms with Crippen molar-refractivity contribution in [2.75, 3.05) is 26.2 Å². The maximum atomic E-state index is 12.7. The van der Waals surface area contributed by atoms with Crippen LogP contribution in [0.3, 0.4) is 0 Å². The molecular formula is C18H26N2O4S. The second-order valence-electron chi connectivity index (χ2n) is 6.87. The van der Waals surface area contributed by atoms with Crippen molar-refractivity contribution in [2.45, 2.75) is 43.6 Å². The van der Waals surface area contributed by atoms with Crippen LogP contribution in [-0.2, 0) is 19.6 Å². The predicted molar refractivity (Wildman–Crippen MR) is 94.6 cm³/mol. The smallest absolute Gasteiger partial charge is 0.243 e. The molecule has 0 aromatic heterocycles. The fraction of sp³-hybridized carbons (Fsp3) is 0.611. The third kappa shape index (κ3) is 4.40. The molecule has 2 aliphatic rings. The van der Waals surface area contributed by atoms with E-state index >= 15 is 0 Å². The van der Waals surface area contributed by atoms with Crippen LogP contribution in [-0.4, -0.2) is 51.0 Å². The number of sulfonamides is 1. The van der Waals surface area contributed by atoms with Crippen LogP contribution in [0.25, 0.3) is 0 Å². The van der Waals surface area contributed by atoms with Crippen molar-refractivity contribution >= 4 is 15.9 Å². The van der Waals surface area contributed by atoms with Crippen LogP contribution in [0.2, 0.25) is 0 Å². The molecular weight excluding hydrogens is 340 g/mol. The molecule has 1 aromatic rings. The molecule has 0 bridgehead atoms. The number of hydrogen-bond donors (Lipinski definition) is 1. The van der Waals surface area contributed by atoms with Gasteiger partial charge >= 0.3 is 0 Å². The largest absolute Gasteiger partial charge is 0.376 e. The summed E-state index contributed by atoms with van der Waals surface area (Å²) in [6.07, 6.45) is 3.29. The van der Waals surface area contributed by atoms with Gasteiger partial charge in [-0.1, -0.05) is 17.7 Å². The van der Waals surface area contributed by atoms with Crippen LogP contribution in [0.15, 0.2) is 29.2 Å². The van der Waals surface area contributed by atoms with Gasteiger partial charge in [-0.25, -0.2) is 8.42 Å². The van der Waals surface area contributed by atoms with Crippen LogP contribution in [0.5, 0.6) is 0 Å². The van der Waals surface area contributed by atoms with Crippen LogP contribution >= 0.6 is 0 Å². The number of nitrogens with zero attached hydrogens (tertiary/aromatic N) is 1. The van der Waals surface area contributed by atoms with E-state index in [9.17, 15) is 13.2 Å². The van der Waals surface area contributed by atoms with Gasteiger partial charge in [0.2, 0.25) is 15.9 Å². The van der Waals surface area contributed by atoms with Crippen molar-refractivity contribution in [2.24, 2.45) is 5.92 Å². The number of carbonyl (C=O) groups excluding carboxylic acids is 1. The van der Waals surface area contributed by atoms with Gasteiger partial charge < -0.3 is 10.1 Å². The molecule has 1 aromatic carbocycles. The highest BCUT2D eigenvalue weighted by atomic mass is 32.2. The Balaban J connectivity index is 1.52. The third-order valence-electron chi connectivity index (χ3n) is 5.01. The maximum absolute atomic E-state index is 12.7. The zero-order valence-electron chi connectivity index (χ0n) is 14.6. The molecule has 0 unspecified atom stereocenters. The van der Waals surface area contributed by atoms with E-state index in [0.717, 1.165) is 25.0 Å². The van der Waals surface area contributed by atoms with Crippen molar-refractivity contribution in [1.29, 1.82) is 0 Å². The Labute approximate surface area is 149 Å². The Bertz CT molecular complexity index is 688. The molecule has 2 heterocycles. The Morgan fingerprint density at radius 3 is 2.48 bits per heavy atom. The summed E-state index contributed by atoms with van der Waals surface area (Å²) in [6.45, 7) is 4.02. The SMILES string of the molecule is Cc1ccc(S(=O)(=O)N2CCC(C(=O)NC[C@H]3CCCO3)CC2)cc1. The van der Waals surface area contributed by atoms with Gasteiger partial charge in [0.25, 0.3) is 0 Å². The summed E-state index contributed by atoms with van der Waals surface area (Å²) in [6, 6.07) is 6.90. The van der Waals surface area contributed by atoms with Crippen molar-refractivity contribution in [3.05, 3.63) is 29.8 Å². The fourth-order valence-electron chi connectivity index (χ4n) is 3.38. The summed E-state index contributed by atoms with van der Waals surface area (Å²) in [5.74, 6) is -0.103. The van der Waals surface area contributed by atoms with E-state index in [1.807, 2.05) is 6.92 Å². The van der Waals surface area contributed by atoms with Crippen molar-refractivity contribution in [3.63, 3.8) is 0 Å². The number of benzene rings is 1. The lowest BCUT2D eigenvalue weighted by Crippen LogP contribution is -2.44. The average molecular weight is 366 g/mol. The van der Waals surface area contributed by atoms with E-state index in [-0.39, 0.29) is 17.9 Å². The zero-order valence-corrected chi connectivity index (χ0v) is 15.4. The van der Waals surface area contributed by atoms with Gasteiger partial charge in [0, 0.05) is 32.2 Å². The van der Waals surface area contributed by atoms with Gasteiger partial charge in [-0.3, -0.25) is 4.79 Å². The number of amides is 1. The lowest BCUT2D eigenvalue weighted by Gasteiger charge is -2.30. The van der Waals surface area contributed by atoms with Gasteiger partial charge in [-0.05, 0) is 44.7 Å². The molecule has 1 N–H and O–H groups in total. The number of carbonyl (C=O) groups is 1. The summed E-state index contributed by atoms with van der Waals surface area (Å²) >= 11 is 0. The molecule has 0 aliphatic carbocycles. The van der Waals surface area contributed by atoms with Crippen molar-refractivity contribution in [1.82, 2.24) is 9.62 Å². The second-order valence-corrected chi connectivity index (χ2v) is 8.81. The summed E-state index contributed by atoms with van der Waals surface area (Å²) < 4.78 is 32.4. The first kappa shape index (κ1) is 18.4. The van der Waals surface area contributed by atoms with Crippen LogP contribution in [0.1, 0.15) is 31.2 Å².